The van der Waals surface area contributed by atoms with Crippen molar-refractivity contribution >= 4 is 22.0 Å². The first-order valence-electron chi connectivity index (χ1n) is 8.05. The van der Waals surface area contributed by atoms with Crippen LogP contribution in [0.5, 0.6) is 5.75 Å². The Balaban J connectivity index is 1.92. The number of likely N-dealkylation sites (tertiary alicyclic amines) is 1. The van der Waals surface area contributed by atoms with Crippen LogP contribution in [0.2, 0.25) is 0 Å². The van der Waals surface area contributed by atoms with Crippen LogP contribution in [-0.2, 0) is 14.8 Å². The third kappa shape index (κ3) is 5.65. The van der Waals surface area contributed by atoms with Crippen molar-refractivity contribution < 1.29 is 17.9 Å². The summed E-state index contributed by atoms with van der Waals surface area (Å²) in [6.07, 6.45) is 5.71. The van der Waals surface area contributed by atoms with Gasteiger partial charge in [-0.15, -0.1) is 0 Å². The highest BCUT2D eigenvalue weighted by Crippen LogP contribution is 2.20. The number of nitrogens with one attached hydrogen (secondary N) is 1. The van der Waals surface area contributed by atoms with Gasteiger partial charge in [0.2, 0.25) is 15.9 Å². The zero-order valence-corrected chi connectivity index (χ0v) is 14.9. The van der Waals surface area contributed by atoms with Crippen molar-refractivity contribution in [2.24, 2.45) is 0 Å². The van der Waals surface area contributed by atoms with E-state index < -0.39 is 10.0 Å². The zero-order chi connectivity index (χ0) is 17.6. The SMILES string of the molecule is CCOc1ccccc1C=CC(=O)N1CCC(NS(C)(=O)=O)CC1. The van der Waals surface area contributed by atoms with E-state index in [2.05, 4.69) is 4.72 Å². The molecule has 1 saturated heterocycles. The van der Waals surface area contributed by atoms with Crippen LogP contribution >= 0.6 is 0 Å². The first kappa shape index (κ1) is 18.5. The zero-order valence-electron chi connectivity index (χ0n) is 14.1. The van der Waals surface area contributed by atoms with Crippen molar-refractivity contribution in [1.29, 1.82) is 0 Å². The number of carbonyl (C=O) groups excluding carboxylic acids is 1. The van der Waals surface area contributed by atoms with Gasteiger partial charge >= 0.3 is 0 Å². The Morgan fingerprint density at radius 3 is 2.62 bits per heavy atom. The maximum atomic E-state index is 12.3. The Morgan fingerprint density at radius 1 is 1.33 bits per heavy atom. The molecule has 0 saturated carbocycles. The van der Waals surface area contributed by atoms with Crippen molar-refractivity contribution in [2.75, 3.05) is 26.0 Å². The van der Waals surface area contributed by atoms with Gasteiger partial charge in [-0.05, 0) is 31.9 Å². The molecule has 0 spiro atoms. The summed E-state index contributed by atoms with van der Waals surface area (Å²) in [5.41, 5.74) is 0.862. The number of para-hydroxylation sites is 1. The minimum absolute atomic E-state index is 0.0703. The maximum absolute atomic E-state index is 12.3. The molecular weight excluding hydrogens is 328 g/mol. The summed E-state index contributed by atoms with van der Waals surface area (Å²) in [6.45, 7) is 3.58. The number of carbonyl (C=O) groups is 1. The first-order chi connectivity index (χ1) is 11.4. The highest BCUT2D eigenvalue weighted by atomic mass is 32.2. The predicted molar refractivity (Wildman–Crippen MR) is 94.2 cm³/mol. The second-order valence-electron chi connectivity index (χ2n) is 5.79. The van der Waals surface area contributed by atoms with Crippen LogP contribution in [0.1, 0.15) is 25.3 Å². The molecule has 1 heterocycles. The van der Waals surface area contributed by atoms with E-state index in [1.807, 2.05) is 31.2 Å². The molecule has 0 aromatic heterocycles. The van der Waals surface area contributed by atoms with E-state index in [1.54, 1.807) is 17.1 Å². The number of hydrogen-bond acceptors (Lipinski definition) is 4. The lowest BCUT2D eigenvalue weighted by Crippen LogP contribution is -2.45. The molecule has 2 rings (SSSR count). The van der Waals surface area contributed by atoms with Gasteiger partial charge in [0.25, 0.3) is 0 Å². The Hall–Kier alpha value is -1.86. The Bertz CT molecular complexity index is 692. The third-order valence-corrected chi connectivity index (χ3v) is 4.57. The number of benzene rings is 1. The third-order valence-electron chi connectivity index (χ3n) is 3.81. The molecular formula is C17H24N2O4S. The molecule has 1 fully saturated rings. The summed E-state index contributed by atoms with van der Waals surface area (Å²) < 4.78 is 30.6. The number of amides is 1. The Morgan fingerprint density at radius 2 is 2.00 bits per heavy atom. The van der Waals surface area contributed by atoms with Crippen LogP contribution in [0, 0.1) is 0 Å². The number of rotatable bonds is 6. The molecule has 0 unspecified atom stereocenters. The van der Waals surface area contributed by atoms with Gasteiger partial charge in [0.1, 0.15) is 5.75 Å². The fourth-order valence-electron chi connectivity index (χ4n) is 2.69. The molecule has 1 aromatic rings. The largest absolute Gasteiger partial charge is 0.493 e. The normalized spacial score (nSPS) is 16.5. The van der Waals surface area contributed by atoms with E-state index in [1.165, 1.54) is 0 Å². The number of ether oxygens (including phenoxy) is 1. The van der Waals surface area contributed by atoms with Crippen LogP contribution in [-0.4, -0.2) is 51.2 Å². The summed E-state index contributed by atoms with van der Waals surface area (Å²) in [4.78, 5) is 14.0. The molecule has 1 N–H and O–H groups in total. The molecule has 1 aromatic carbocycles. The van der Waals surface area contributed by atoms with E-state index in [0.29, 0.717) is 32.5 Å². The van der Waals surface area contributed by atoms with Crippen LogP contribution in [0.4, 0.5) is 0 Å². The lowest BCUT2D eigenvalue weighted by Gasteiger charge is -2.31. The van der Waals surface area contributed by atoms with Crippen molar-refractivity contribution in [3.63, 3.8) is 0 Å². The lowest BCUT2D eigenvalue weighted by molar-refractivity contribution is -0.126. The monoisotopic (exact) mass is 352 g/mol. The van der Waals surface area contributed by atoms with E-state index in [4.69, 9.17) is 4.74 Å². The van der Waals surface area contributed by atoms with Gasteiger partial charge in [-0.3, -0.25) is 4.79 Å². The average molecular weight is 352 g/mol. The molecule has 0 aliphatic carbocycles. The van der Waals surface area contributed by atoms with Gasteiger partial charge in [-0.25, -0.2) is 13.1 Å². The summed E-state index contributed by atoms with van der Waals surface area (Å²) in [7, 11) is -3.20. The summed E-state index contributed by atoms with van der Waals surface area (Å²) in [5.74, 6) is 0.680. The Kier molecular flexibility index (Phi) is 6.39. The second kappa shape index (κ2) is 8.30. The summed E-state index contributed by atoms with van der Waals surface area (Å²) in [5, 5.41) is 0. The van der Waals surface area contributed by atoms with Crippen LogP contribution in [0.25, 0.3) is 6.08 Å². The van der Waals surface area contributed by atoms with Gasteiger partial charge in [-0.2, -0.15) is 0 Å². The van der Waals surface area contributed by atoms with Crippen LogP contribution in [0.3, 0.4) is 0 Å². The van der Waals surface area contributed by atoms with E-state index in [-0.39, 0.29) is 11.9 Å². The molecule has 6 nitrogen and oxygen atoms in total. The molecule has 1 aliphatic rings. The highest BCUT2D eigenvalue weighted by Gasteiger charge is 2.23. The first-order valence-corrected chi connectivity index (χ1v) is 9.94. The van der Waals surface area contributed by atoms with Gasteiger partial charge in [0.05, 0.1) is 12.9 Å². The summed E-state index contributed by atoms with van der Waals surface area (Å²) in [6, 6.07) is 7.47. The van der Waals surface area contributed by atoms with Crippen molar-refractivity contribution in [1.82, 2.24) is 9.62 Å². The topological polar surface area (TPSA) is 75.7 Å². The fraction of sp³-hybridized carbons (Fsp3) is 0.471. The van der Waals surface area contributed by atoms with Gasteiger partial charge < -0.3 is 9.64 Å². The van der Waals surface area contributed by atoms with Crippen molar-refractivity contribution in [3.05, 3.63) is 35.9 Å². The van der Waals surface area contributed by atoms with Gasteiger partial charge in [0, 0.05) is 30.8 Å². The molecule has 0 atom stereocenters. The van der Waals surface area contributed by atoms with Gasteiger partial charge in [0.15, 0.2) is 0 Å². The quantitative estimate of drug-likeness (QED) is 0.790. The second-order valence-corrected chi connectivity index (χ2v) is 7.57. The molecule has 132 valence electrons. The molecule has 1 amide bonds. The molecule has 0 radical (unpaired) electrons. The van der Waals surface area contributed by atoms with Crippen LogP contribution < -0.4 is 9.46 Å². The number of nitrogens with zero attached hydrogens (tertiary/aromatic N) is 1. The van der Waals surface area contributed by atoms with Crippen molar-refractivity contribution in [3.8, 4) is 5.75 Å². The predicted octanol–water partition coefficient (Wildman–Crippen LogP) is 1.64. The lowest BCUT2D eigenvalue weighted by atomic mass is 10.1. The minimum atomic E-state index is -3.20. The minimum Gasteiger partial charge on any atom is -0.493 e. The smallest absolute Gasteiger partial charge is 0.246 e. The standard InChI is InChI=1S/C17H24N2O4S/c1-3-23-16-7-5-4-6-14(16)8-9-17(20)19-12-10-15(11-13-19)18-24(2,21)22/h4-9,15,18H,3,10-13H2,1-2H3. The molecule has 7 heteroatoms. The van der Waals surface area contributed by atoms with Gasteiger partial charge in [-0.1, -0.05) is 18.2 Å². The fourth-order valence-corrected chi connectivity index (χ4v) is 3.53. The van der Waals surface area contributed by atoms with Crippen LogP contribution in [0.15, 0.2) is 30.3 Å². The molecule has 0 bridgehead atoms. The number of sulfonamides is 1. The number of hydrogen-bond donors (Lipinski definition) is 1. The van der Waals surface area contributed by atoms with E-state index in [9.17, 15) is 13.2 Å². The van der Waals surface area contributed by atoms with E-state index >= 15 is 0 Å². The molecule has 1 aliphatic heterocycles. The maximum Gasteiger partial charge on any atom is 0.246 e. The average Bonchev–Trinajstić information content (AvgIpc) is 2.53. The number of piperidine rings is 1. The highest BCUT2D eigenvalue weighted by molar-refractivity contribution is 7.88. The summed E-state index contributed by atoms with van der Waals surface area (Å²) >= 11 is 0. The van der Waals surface area contributed by atoms with E-state index in [0.717, 1.165) is 17.6 Å². The Labute approximate surface area is 143 Å². The molecule has 24 heavy (non-hydrogen) atoms. The van der Waals surface area contributed by atoms with Crippen molar-refractivity contribution in [2.45, 2.75) is 25.8 Å².